The third-order valence-electron chi connectivity index (χ3n) is 2.42. The average Bonchev–Trinajstić information content (AvgIpc) is 2.30. The minimum absolute atomic E-state index is 0.497. The maximum atomic E-state index is 13.7. The highest BCUT2D eigenvalue weighted by atomic mass is 35.5. The van der Waals surface area contributed by atoms with E-state index in [0.717, 1.165) is 13.2 Å². The van der Waals surface area contributed by atoms with Crippen LogP contribution in [0.25, 0.3) is 0 Å². The van der Waals surface area contributed by atoms with Crippen LogP contribution >= 0.6 is 11.6 Å². The standard InChI is InChI=1S/C11H10ClF4NO2/c1-19-8(18)4-7(17)9-5(11(14,15)16)2-3-6(12)10(9)13/h2-3,7H,4,17H2,1H3/t7-/m1/s1. The van der Waals surface area contributed by atoms with Crippen molar-refractivity contribution in [3.05, 3.63) is 34.1 Å². The van der Waals surface area contributed by atoms with Gasteiger partial charge in [0.2, 0.25) is 0 Å². The maximum Gasteiger partial charge on any atom is 0.416 e. The van der Waals surface area contributed by atoms with E-state index in [9.17, 15) is 22.4 Å². The molecule has 0 spiro atoms. The zero-order valence-electron chi connectivity index (χ0n) is 9.72. The fourth-order valence-electron chi connectivity index (χ4n) is 1.54. The lowest BCUT2D eigenvalue weighted by Gasteiger charge is -2.19. The van der Waals surface area contributed by atoms with Crippen molar-refractivity contribution < 1.29 is 27.1 Å². The second-order valence-electron chi connectivity index (χ2n) is 3.71. The first-order valence-corrected chi connectivity index (χ1v) is 5.43. The van der Waals surface area contributed by atoms with Crippen molar-refractivity contribution in [2.24, 2.45) is 5.73 Å². The van der Waals surface area contributed by atoms with Gasteiger partial charge >= 0.3 is 12.1 Å². The Morgan fingerprint density at radius 1 is 1.47 bits per heavy atom. The van der Waals surface area contributed by atoms with Crippen molar-refractivity contribution in [2.75, 3.05) is 7.11 Å². The molecular weight excluding hydrogens is 290 g/mol. The normalized spacial score (nSPS) is 13.2. The topological polar surface area (TPSA) is 52.3 Å². The van der Waals surface area contributed by atoms with E-state index in [1.165, 1.54) is 0 Å². The number of rotatable bonds is 3. The van der Waals surface area contributed by atoms with Crippen LogP contribution < -0.4 is 5.73 Å². The number of esters is 1. The van der Waals surface area contributed by atoms with Gasteiger partial charge in [-0.15, -0.1) is 0 Å². The molecule has 3 nitrogen and oxygen atoms in total. The molecule has 0 aliphatic heterocycles. The number of nitrogens with two attached hydrogens (primary N) is 1. The molecule has 106 valence electrons. The molecule has 8 heteroatoms. The number of carbonyl (C=O) groups is 1. The number of hydrogen-bond donors (Lipinski definition) is 1. The molecule has 0 fully saturated rings. The summed E-state index contributed by atoms with van der Waals surface area (Å²) in [6.07, 6.45) is -5.38. The summed E-state index contributed by atoms with van der Waals surface area (Å²) in [5.74, 6) is -2.13. The van der Waals surface area contributed by atoms with Crippen LogP contribution in [-0.2, 0) is 15.7 Å². The molecule has 1 rings (SSSR count). The molecule has 0 unspecified atom stereocenters. The van der Waals surface area contributed by atoms with E-state index in [-0.39, 0.29) is 0 Å². The fraction of sp³-hybridized carbons (Fsp3) is 0.364. The zero-order chi connectivity index (χ0) is 14.8. The van der Waals surface area contributed by atoms with Gasteiger partial charge in [0.25, 0.3) is 0 Å². The van der Waals surface area contributed by atoms with Gasteiger partial charge in [0, 0.05) is 11.6 Å². The molecule has 0 amide bonds. The monoisotopic (exact) mass is 299 g/mol. The molecule has 0 aliphatic carbocycles. The summed E-state index contributed by atoms with van der Waals surface area (Å²) in [5, 5.41) is -0.497. The Morgan fingerprint density at radius 3 is 2.53 bits per heavy atom. The summed E-state index contributed by atoms with van der Waals surface area (Å²) in [6, 6.07) is -0.0887. The SMILES string of the molecule is COC(=O)C[C@@H](N)c1c(C(F)(F)F)ccc(Cl)c1F. The third-order valence-corrected chi connectivity index (χ3v) is 2.71. The van der Waals surface area contributed by atoms with Crippen LogP contribution in [0.5, 0.6) is 0 Å². The van der Waals surface area contributed by atoms with Crippen molar-refractivity contribution >= 4 is 17.6 Å². The molecule has 0 bridgehead atoms. The Bertz CT molecular complexity index is 490. The molecule has 0 radical (unpaired) electrons. The zero-order valence-corrected chi connectivity index (χ0v) is 10.5. The number of ether oxygens (including phenoxy) is 1. The van der Waals surface area contributed by atoms with E-state index in [1.807, 2.05) is 0 Å². The van der Waals surface area contributed by atoms with Gasteiger partial charge in [-0.2, -0.15) is 13.2 Å². The lowest BCUT2D eigenvalue weighted by atomic mass is 9.97. The van der Waals surface area contributed by atoms with Gasteiger partial charge in [0.15, 0.2) is 0 Å². The van der Waals surface area contributed by atoms with Crippen LogP contribution in [0.4, 0.5) is 17.6 Å². The van der Waals surface area contributed by atoms with Gasteiger partial charge in [0.1, 0.15) is 5.82 Å². The predicted octanol–water partition coefficient (Wildman–Crippen LogP) is 3.06. The summed E-state index contributed by atoms with van der Waals surface area (Å²) < 4.78 is 56.3. The van der Waals surface area contributed by atoms with Crippen LogP contribution in [0.2, 0.25) is 5.02 Å². The molecule has 0 aromatic heterocycles. The molecule has 0 heterocycles. The predicted molar refractivity (Wildman–Crippen MR) is 60.0 cm³/mol. The van der Waals surface area contributed by atoms with Crippen molar-refractivity contribution in [2.45, 2.75) is 18.6 Å². The van der Waals surface area contributed by atoms with Crippen molar-refractivity contribution in [1.29, 1.82) is 0 Å². The quantitative estimate of drug-likeness (QED) is 0.689. The first-order valence-electron chi connectivity index (χ1n) is 5.06. The molecule has 0 saturated carbocycles. The number of methoxy groups -OCH3 is 1. The second kappa shape index (κ2) is 5.75. The Labute approximate surface area is 111 Å². The highest BCUT2D eigenvalue weighted by Crippen LogP contribution is 2.38. The molecule has 0 aliphatic rings. The van der Waals surface area contributed by atoms with Crippen LogP contribution in [0.15, 0.2) is 12.1 Å². The molecular formula is C11H10ClF4NO2. The van der Waals surface area contributed by atoms with Crippen LogP contribution in [0.1, 0.15) is 23.6 Å². The van der Waals surface area contributed by atoms with Gasteiger partial charge in [-0.05, 0) is 12.1 Å². The van der Waals surface area contributed by atoms with Crippen LogP contribution in [-0.4, -0.2) is 13.1 Å². The number of benzene rings is 1. The van der Waals surface area contributed by atoms with E-state index < -0.39 is 46.6 Å². The highest BCUT2D eigenvalue weighted by molar-refractivity contribution is 6.30. The van der Waals surface area contributed by atoms with E-state index in [1.54, 1.807) is 0 Å². The molecule has 2 N–H and O–H groups in total. The highest BCUT2D eigenvalue weighted by Gasteiger charge is 2.37. The minimum Gasteiger partial charge on any atom is -0.469 e. The van der Waals surface area contributed by atoms with E-state index in [0.29, 0.717) is 6.07 Å². The summed E-state index contributed by atoms with van der Waals surface area (Å²) in [6.45, 7) is 0. The molecule has 1 aromatic carbocycles. The number of carbonyl (C=O) groups excluding carboxylic acids is 1. The van der Waals surface area contributed by atoms with Crippen molar-refractivity contribution in [1.82, 2.24) is 0 Å². The Balaban J connectivity index is 3.30. The molecule has 1 aromatic rings. The van der Waals surface area contributed by atoms with Crippen molar-refractivity contribution in [3.8, 4) is 0 Å². The van der Waals surface area contributed by atoms with E-state index >= 15 is 0 Å². The maximum absolute atomic E-state index is 13.7. The summed E-state index contributed by atoms with van der Waals surface area (Å²) in [4.78, 5) is 11.0. The number of halogens is 5. The Hall–Kier alpha value is -1.34. The first kappa shape index (κ1) is 15.7. The van der Waals surface area contributed by atoms with Crippen LogP contribution in [0.3, 0.4) is 0 Å². The lowest BCUT2D eigenvalue weighted by Crippen LogP contribution is -2.22. The van der Waals surface area contributed by atoms with Gasteiger partial charge in [-0.3, -0.25) is 4.79 Å². The van der Waals surface area contributed by atoms with Gasteiger partial charge < -0.3 is 10.5 Å². The average molecular weight is 300 g/mol. The van der Waals surface area contributed by atoms with Gasteiger partial charge in [-0.25, -0.2) is 4.39 Å². The van der Waals surface area contributed by atoms with Gasteiger partial charge in [-0.1, -0.05) is 11.6 Å². The smallest absolute Gasteiger partial charge is 0.416 e. The summed E-state index contributed by atoms with van der Waals surface area (Å²) in [5.41, 5.74) is 3.34. The number of alkyl halides is 3. The van der Waals surface area contributed by atoms with Crippen LogP contribution in [0, 0.1) is 5.82 Å². The van der Waals surface area contributed by atoms with E-state index in [4.69, 9.17) is 17.3 Å². The van der Waals surface area contributed by atoms with Crippen molar-refractivity contribution in [3.63, 3.8) is 0 Å². The molecule has 1 atom stereocenters. The number of hydrogen-bond acceptors (Lipinski definition) is 3. The summed E-state index contributed by atoms with van der Waals surface area (Å²) in [7, 11) is 1.05. The Morgan fingerprint density at radius 2 is 2.05 bits per heavy atom. The van der Waals surface area contributed by atoms with Gasteiger partial charge in [0.05, 0.1) is 24.1 Å². The Kier molecular flexibility index (Phi) is 4.75. The second-order valence-corrected chi connectivity index (χ2v) is 4.11. The third kappa shape index (κ3) is 3.57. The minimum atomic E-state index is -4.80. The molecule has 0 saturated heterocycles. The molecule has 19 heavy (non-hydrogen) atoms. The summed E-state index contributed by atoms with van der Waals surface area (Å²) >= 11 is 5.44. The largest absolute Gasteiger partial charge is 0.469 e. The first-order chi connectivity index (χ1) is 8.68. The fourth-order valence-corrected chi connectivity index (χ4v) is 1.71. The lowest BCUT2D eigenvalue weighted by molar-refractivity contribution is -0.142. The van der Waals surface area contributed by atoms with E-state index in [2.05, 4.69) is 4.74 Å².